The van der Waals surface area contributed by atoms with Crippen LogP contribution in [0, 0.1) is 5.82 Å². The maximum atomic E-state index is 13.6. The second-order valence-electron chi connectivity index (χ2n) is 6.79. The van der Waals surface area contributed by atoms with Crippen LogP contribution in [0.15, 0.2) is 48.5 Å². The normalized spacial score (nSPS) is 17.4. The van der Waals surface area contributed by atoms with Crippen LogP contribution in [0.3, 0.4) is 0 Å². The van der Waals surface area contributed by atoms with Gasteiger partial charge in [-0.2, -0.15) is 0 Å². The van der Waals surface area contributed by atoms with Crippen molar-refractivity contribution in [1.29, 1.82) is 0 Å². The molecule has 2 heterocycles. The number of nitrogens with one attached hydrogen (secondary N) is 1. The molecule has 0 bridgehead atoms. The number of rotatable bonds is 5. The minimum atomic E-state index is -0.263. The van der Waals surface area contributed by atoms with Crippen LogP contribution in [-0.4, -0.2) is 35.4 Å². The van der Waals surface area contributed by atoms with Crippen molar-refractivity contribution in [2.24, 2.45) is 0 Å². The Morgan fingerprint density at radius 2 is 2.15 bits per heavy atom. The molecule has 1 N–H and O–H groups in total. The number of piperazine rings is 1. The number of para-hydroxylation sites is 1. The summed E-state index contributed by atoms with van der Waals surface area (Å²) < 4.78 is 14.8. The molecule has 0 saturated carbocycles. The van der Waals surface area contributed by atoms with E-state index in [-0.39, 0.29) is 17.8 Å². The number of fused-ring (bicyclic) bond motifs is 1. The number of benzene rings is 2. The van der Waals surface area contributed by atoms with Gasteiger partial charge in [-0.3, -0.25) is 4.79 Å². The summed E-state index contributed by atoms with van der Waals surface area (Å²) in [5, 5.41) is 4.38. The Labute approximate surface area is 162 Å². The van der Waals surface area contributed by atoms with Gasteiger partial charge >= 0.3 is 0 Å². The second-order valence-corrected chi connectivity index (χ2v) is 7.91. The van der Waals surface area contributed by atoms with Crippen LogP contribution in [0.4, 0.5) is 4.39 Å². The Balaban J connectivity index is 1.38. The van der Waals surface area contributed by atoms with Crippen LogP contribution < -0.4 is 5.32 Å². The second kappa shape index (κ2) is 8.15. The van der Waals surface area contributed by atoms with Crippen molar-refractivity contribution in [2.45, 2.75) is 25.3 Å². The first kappa shape index (κ1) is 18.1. The van der Waals surface area contributed by atoms with Gasteiger partial charge in [-0.05, 0) is 42.7 Å². The minimum Gasteiger partial charge on any atom is -0.333 e. The Hall–Kier alpha value is -2.31. The number of thiazole rings is 1. The summed E-state index contributed by atoms with van der Waals surface area (Å²) in [5.74, 6) is -0.131. The van der Waals surface area contributed by atoms with Gasteiger partial charge in [-0.1, -0.05) is 24.3 Å². The van der Waals surface area contributed by atoms with Gasteiger partial charge in [-0.25, -0.2) is 9.37 Å². The highest BCUT2D eigenvalue weighted by molar-refractivity contribution is 7.18. The van der Waals surface area contributed by atoms with Crippen molar-refractivity contribution in [3.63, 3.8) is 0 Å². The van der Waals surface area contributed by atoms with E-state index in [4.69, 9.17) is 0 Å². The van der Waals surface area contributed by atoms with Crippen LogP contribution in [0.25, 0.3) is 10.2 Å². The molecule has 27 heavy (non-hydrogen) atoms. The van der Waals surface area contributed by atoms with E-state index in [1.807, 2.05) is 29.2 Å². The lowest BCUT2D eigenvalue weighted by molar-refractivity contribution is -0.134. The first-order chi connectivity index (χ1) is 13.2. The number of halogens is 1. The standard InChI is InChI=1S/C21H22FN3OS/c22-16-6-3-5-15(13-16)18-14-23-11-12-25(18)21(26)10-4-9-20-24-17-7-1-2-8-19(17)27-20/h1-3,5-8,13,18,23H,4,9-12,14H2. The third kappa shape index (κ3) is 4.17. The van der Waals surface area contributed by atoms with Crippen molar-refractivity contribution in [3.8, 4) is 0 Å². The molecule has 0 radical (unpaired) electrons. The molecule has 0 spiro atoms. The number of nitrogens with zero attached hydrogens (tertiary/aromatic N) is 2. The molecule has 2 aromatic carbocycles. The quantitative estimate of drug-likeness (QED) is 0.726. The predicted octanol–water partition coefficient (Wildman–Crippen LogP) is 3.93. The summed E-state index contributed by atoms with van der Waals surface area (Å²) in [6.07, 6.45) is 2.07. The van der Waals surface area contributed by atoms with Crippen molar-refractivity contribution < 1.29 is 9.18 Å². The molecule has 1 aliphatic rings. The molecular formula is C21H22FN3OS. The largest absolute Gasteiger partial charge is 0.333 e. The van der Waals surface area contributed by atoms with Gasteiger partial charge in [0, 0.05) is 26.1 Å². The zero-order valence-electron chi connectivity index (χ0n) is 15.0. The van der Waals surface area contributed by atoms with E-state index in [0.29, 0.717) is 19.5 Å². The Morgan fingerprint density at radius 3 is 3.00 bits per heavy atom. The van der Waals surface area contributed by atoms with Crippen molar-refractivity contribution >= 4 is 27.5 Å². The summed E-state index contributed by atoms with van der Waals surface area (Å²) in [6.45, 7) is 2.09. The van der Waals surface area contributed by atoms with E-state index in [1.165, 1.54) is 16.8 Å². The summed E-state index contributed by atoms with van der Waals surface area (Å²) in [7, 11) is 0. The molecule has 0 aliphatic carbocycles. The fraction of sp³-hybridized carbons (Fsp3) is 0.333. The fourth-order valence-corrected chi connectivity index (χ4v) is 4.58. The molecule has 1 atom stereocenters. The smallest absolute Gasteiger partial charge is 0.223 e. The highest BCUT2D eigenvalue weighted by atomic mass is 32.1. The first-order valence-electron chi connectivity index (χ1n) is 9.31. The Bertz CT molecular complexity index is 909. The number of amides is 1. The molecule has 140 valence electrons. The molecule has 3 aromatic rings. The molecule has 1 aliphatic heterocycles. The monoisotopic (exact) mass is 383 g/mol. The lowest BCUT2D eigenvalue weighted by Crippen LogP contribution is -2.48. The lowest BCUT2D eigenvalue weighted by Gasteiger charge is -2.36. The maximum Gasteiger partial charge on any atom is 0.223 e. The van der Waals surface area contributed by atoms with Crippen LogP contribution in [-0.2, 0) is 11.2 Å². The number of hydrogen-bond donors (Lipinski definition) is 1. The maximum absolute atomic E-state index is 13.6. The third-order valence-electron chi connectivity index (χ3n) is 4.92. The average molecular weight is 383 g/mol. The number of aryl methyl sites for hydroxylation is 1. The van der Waals surface area contributed by atoms with Gasteiger partial charge in [0.25, 0.3) is 0 Å². The number of carbonyl (C=O) groups excluding carboxylic acids is 1. The van der Waals surface area contributed by atoms with E-state index in [2.05, 4.69) is 16.4 Å². The van der Waals surface area contributed by atoms with Gasteiger partial charge in [0.2, 0.25) is 5.91 Å². The zero-order chi connectivity index (χ0) is 18.6. The van der Waals surface area contributed by atoms with Crippen molar-refractivity contribution in [1.82, 2.24) is 15.2 Å². The van der Waals surface area contributed by atoms with Crippen molar-refractivity contribution in [3.05, 3.63) is 64.9 Å². The Kier molecular flexibility index (Phi) is 5.45. The van der Waals surface area contributed by atoms with Gasteiger partial charge < -0.3 is 10.2 Å². The molecule has 1 amide bonds. The molecule has 6 heteroatoms. The van der Waals surface area contributed by atoms with Gasteiger partial charge in [0.1, 0.15) is 5.82 Å². The highest BCUT2D eigenvalue weighted by Crippen LogP contribution is 2.25. The van der Waals surface area contributed by atoms with Crippen LogP contribution in [0.5, 0.6) is 0 Å². The molecule has 4 rings (SSSR count). The average Bonchev–Trinajstić information content (AvgIpc) is 3.10. The third-order valence-corrected chi connectivity index (χ3v) is 6.01. The summed E-state index contributed by atoms with van der Waals surface area (Å²) in [5.41, 5.74) is 1.87. The fourth-order valence-electron chi connectivity index (χ4n) is 3.58. The summed E-state index contributed by atoms with van der Waals surface area (Å²) in [4.78, 5) is 19.3. The summed E-state index contributed by atoms with van der Waals surface area (Å²) in [6, 6.07) is 14.6. The zero-order valence-corrected chi connectivity index (χ0v) is 15.8. The van der Waals surface area contributed by atoms with E-state index in [1.54, 1.807) is 17.4 Å². The van der Waals surface area contributed by atoms with Crippen LogP contribution in [0.1, 0.15) is 29.5 Å². The number of hydrogen-bond acceptors (Lipinski definition) is 4. The van der Waals surface area contributed by atoms with Crippen LogP contribution in [0.2, 0.25) is 0 Å². The molecule has 1 saturated heterocycles. The molecule has 1 fully saturated rings. The number of aromatic nitrogens is 1. The number of carbonyl (C=O) groups is 1. The first-order valence-corrected chi connectivity index (χ1v) is 10.1. The molecule has 1 unspecified atom stereocenters. The summed E-state index contributed by atoms with van der Waals surface area (Å²) >= 11 is 1.70. The molecule has 4 nitrogen and oxygen atoms in total. The lowest BCUT2D eigenvalue weighted by atomic mass is 10.0. The van der Waals surface area contributed by atoms with E-state index in [9.17, 15) is 9.18 Å². The van der Waals surface area contributed by atoms with Gasteiger partial charge in [0.15, 0.2) is 0 Å². The predicted molar refractivity (Wildman–Crippen MR) is 106 cm³/mol. The van der Waals surface area contributed by atoms with Crippen LogP contribution >= 0.6 is 11.3 Å². The minimum absolute atomic E-state index is 0.107. The SMILES string of the molecule is O=C(CCCc1nc2ccccc2s1)N1CCNCC1c1cccc(F)c1. The Morgan fingerprint density at radius 1 is 1.26 bits per heavy atom. The van der Waals surface area contributed by atoms with Gasteiger partial charge in [-0.15, -0.1) is 11.3 Å². The highest BCUT2D eigenvalue weighted by Gasteiger charge is 2.27. The van der Waals surface area contributed by atoms with E-state index < -0.39 is 0 Å². The molecule has 1 aromatic heterocycles. The van der Waals surface area contributed by atoms with E-state index in [0.717, 1.165) is 35.5 Å². The molecular weight excluding hydrogens is 361 g/mol. The topological polar surface area (TPSA) is 45.2 Å². The van der Waals surface area contributed by atoms with Crippen molar-refractivity contribution in [2.75, 3.05) is 19.6 Å². The van der Waals surface area contributed by atoms with Gasteiger partial charge in [0.05, 0.1) is 21.3 Å². The van der Waals surface area contributed by atoms with E-state index >= 15 is 0 Å².